The van der Waals surface area contributed by atoms with Crippen LogP contribution in [0.1, 0.15) is 30.0 Å². The van der Waals surface area contributed by atoms with Gasteiger partial charge in [0.15, 0.2) is 0 Å². The van der Waals surface area contributed by atoms with Crippen molar-refractivity contribution in [2.75, 3.05) is 24.5 Å². The Hall–Kier alpha value is -4.55. The van der Waals surface area contributed by atoms with Gasteiger partial charge in [0, 0.05) is 19.5 Å². The highest BCUT2D eigenvalue weighted by Crippen LogP contribution is 2.38. The van der Waals surface area contributed by atoms with E-state index in [1.165, 1.54) is 36.3 Å². The molecule has 0 heterocycles. The molecule has 0 aromatic heterocycles. The van der Waals surface area contributed by atoms with Gasteiger partial charge in [0.25, 0.3) is 10.0 Å². The molecule has 8 nitrogen and oxygen atoms in total. The van der Waals surface area contributed by atoms with Gasteiger partial charge in [0.05, 0.1) is 28.3 Å². The number of alkyl halides is 3. The summed E-state index contributed by atoms with van der Waals surface area (Å²) in [5.74, 6) is -0.808. The summed E-state index contributed by atoms with van der Waals surface area (Å²) in [5.41, 5.74) is -0.386. The minimum absolute atomic E-state index is 0.0801. The molecule has 4 aromatic carbocycles. The smallest absolute Gasteiger partial charge is 0.417 e. The number of methoxy groups -OCH3 is 1. The summed E-state index contributed by atoms with van der Waals surface area (Å²) in [7, 11) is -3.13. The van der Waals surface area contributed by atoms with Gasteiger partial charge in [-0.15, -0.1) is 0 Å². The van der Waals surface area contributed by atoms with Crippen LogP contribution in [0.4, 0.5) is 18.9 Å². The zero-order chi connectivity index (χ0) is 34.9. The maximum atomic E-state index is 14.5. The Labute approximate surface area is 283 Å². The van der Waals surface area contributed by atoms with Crippen molar-refractivity contribution in [2.24, 2.45) is 0 Å². The zero-order valence-electron chi connectivity index (χ0n) is 26.3. The molecule has 1 atom stereocenters. The second-order valence-corrected chi connectivity index (χ2v) is 13.1. The highest BCUT2D eigenvalue weighted by atomic mass is 35.5. The molecular weight excluding hydrogens is 667 g/mol. The first kappa shape index (κ1) is 36.3. The van der Waals surface area contributed by atoms with Crippen LogP contribution in [-0.2, 0) is 38.8 Å². The molecule has 0 aliphatic heterocycles. The number of rotatable bonds is 14. The van der Waals surface area contributed by atoms with E-state index in [0.29, 0.717) is 34.7 Å². The van der Waals surface area contributed by atoms with Crippen molar-refractivity contribution in [1.29, 1.82) is 0 Å². The number of carbonyl (C=O) groups excluding carboxylic acids is 2. The molecule has 4 aromatic rings. The molecule has 0 saturated carbocycles. The van der Waals surface area contributed by atoms with E-state index in [1.54, 1.807) is 54.6 Å². The van der Waals surface area contributed by atoms with Crippen LogP contribution in [0.2, 0.25) is 5.02 Å². The van der Waals surface area contributed by atoms with E-state index in [1.807, 2.05) is 13.0 Å². The van der Waals surface area contributed by atoms with Crippen LogP contribution in [0.15, 0.2) is 108 Å². The molecule has 0 saturated heterocycles. The van der Waals surface area contributed by atoms with Crippen LogP contribution in [0.5, 0.6) is 5.75 Å². The van der Waals surface area contributed by atoms with Gasteiger partial charge >= 0.3 is 6.18 Å². The second-order valence-electron chi connectivity index (χ2n) is 10.9. The van der Waals surface area contributed by atoms with Crippen molar-refractivity contribution in [1.82, 2.24) is 10.2 Å². The first-order valence-corrected chi connectivity index (χ1v) is 16.9. The van der Waals surface area contributed by atoms with Gasteiger partial charge in [0.1, 0.15) is 18.3 Å². The molecule has 2 amide bonds. The highest BCUT2D eigenvalue weighted by Gasteiger charge is 2.37. The molecule has 254 valence electrons. The number of hydrogen-bond acceptors (Lipinski definition) is 5. The van der Waals surface area contributed by atoms with E-state index in [2.05, 4.69) is 5.32 Å². The van der Waals surface area contributed by atoms with Crippen LogP contribution >= 0.6 is 11.6 Å². The van der Waals surface area contributed by atoms with Crippen LogP contribution in [0, 0.1) is 0 Å². The Morgan fingerprint density at radius 2 is 1.54 bits per heavy atom. The second kappa shape index (κ2) is 16.0. The van der Waals surface area contributed by atoms with Crippen LogP contribution in [0.25, 0.3) is 0 Å². The summed E-state index contributed by atoms with van der Waals surface area (Å²) < 4.78 is 75.9. The standard InChI is InChI=1S/C35H35ClF3N3O5S/c1-3-19-40-34(44)32(21-25-11-6-4-7-12-25)41(23-26-13-10-14-28(20-26)47-2)33(43)24-42(48(45,46)29-15-8-5-9-16-29)27-17-18-31(36)30(22-27)35(37,38)39/h4-18,20,22,32H,3,19,21,23-24H2,1-2H3,(H,40,44). The number of hydrogen-bond donors (Lipinski definition) is 1. The number of anilines is 1. The number of carbonyl (C=O) groups is 2. The zero-order valence-corrected chi connectivity index (χ0v) is 27.9. The predicted octanol–water partition coefficient (Wildman–Crippen LogP) is 6.73. The van der Waals surface area contributed by atoms with Gasteiger partial charge in [-0.3, -0.25) is 13.9 Å². The fourth-order valence-corrected chi connectivity index (χ4v) is 6.67. The van der Waals surface area contributed by atoms with Gasteiger partial charge in [-0.25, -0.2) is 8.42 Å². The van der Waals surface area contributed by atoms with Crippen molar-refractivity contribution < 1.29 is 35.9 Å². The van der Waals surface area contributed by atoms with Gasteiger partial charge in [0.2, 0.25) is 11.8 Å². The molecule has 48 heavy (non-hydrogen) atoms. The molecule has 0 radical (unpaired) electrons. The molecule has 0 aliphatic carbocycles. The normalized spacial score (nSPS) is 12.2. The van der Waals surface area contributed by atoms with E-state index in [0.717, 1.165) is 17.7 Å². The van der Waals surface area contributed by atoms with Gasteiger partial charge in [-0.05, 0) is 60.0 Å². The van der Waals surface area contributed by atoms with Crippen LogP contribution < -0.4 is 14.4 Å². The molecule has 1 N–H and O–H groups in total. The summed E-state index contributed by atoms with van der Waals surface area (Å²) in [6.45, 7) is 1.14. The van der Waals surface area contributed by atoms with Crippen molar-refractivity contribution >= 4 is 39.1 Å². The number of nitrogens with zero attached hydrogens (tertiary/aromatic N) is 2. The SMILES string of the molecule is CCCNC(=O)C(Cc1ccccc1)N(Cc1cccc(OC)c1)C(=O)CN(c1ccc(Cl)c(C(F)(F)F)c1)S(=O)(=O)c1ccccc1. The lowest BCUT2D eigenvalue weighted by molar-refractivity contribution is -0.140. The minimum Gasteiger partial charge on any atom is -0.497 e. The van der Waals surface area contributed by atoms with Crippen molar-refractivity contribution in [3.63, 3.8) is 0 Å². The first-order valence-electron chi connectivity index (χ1n) is 15.0. The van der Waals surface area contributed by atoms with Crippen molar-refractivity contribution in [3.05, 3.63) is 125 Å². The third-order valence-corrected chi connectivity index (χ3v) is 9.58. The summed E-state index contributed by atoms with van der Waals surface area (Å²) in [6.07, 6.45) is -4.21. The van der Waals surface area contributed by atoms with Gasteiger partial charge in [-0.1, -0.05) is 79.2 Å². The molecule has 0 spiro atoms. The summed E-state index contributed by atoms with van der Waals surface area (Å²) in [5, 5.41) is 2.20. The predicted molar refractivity (Wildman–Crippen MR) is 178 cm³/mol. The largest absolute Gasteiger partial charge is 0.497 e. The Bertz CT molecular complexity index is 1810. The third kappa shape index (κ3) is 9.07. The van der Waals surface area contributed by atoms with Crippen LogP contribution in [0.3, 0.4) is 0 Å². The quantitative estimate of drug-likeness (QED) is 0.157. The van der Waals surface area contributed by atoms with Crippen molar-refractivity contribution in [2.45, 2.75) is 43.4 Å². The first-order chi connectivity index (χ1) is 22.8. The summed E-state index contributed by atoms with van der Waals surface area (Å²) in [6, 6.07) is 24.4. The number of amides is 2. The number of ether oxygens (including phenoxy) is 1. The highest BCUT2D eigenvalue weighted by molar-refractivity contribution is 7.92. The van der Waals surface area contributed by atoms with E-state index in [9.17, 15) is 31.2 Å². The topological polar surface area (TPSA) is 96.0 Å². The Morgan fingerprint density at radius 1 is 0.896 bits per heavy atom. The van der Waals surface area contributed by atoms with Crippen molar-refractivity contribution in [3.8, 4) is 5.75 Å². The number of nitrogens with one attached hydrogen (secondary N) is 1. The van der Waals surface area contributed by atoms with E-state index in [4.69, 9.17) is 16.3 Å². The molecule has 0 bridgehead atoms. The molecule has 0 aliphatic rings. The average Bonchev–Trinajstić information content (AvgIpc) is 3.08. The third-order valence-electron chi connectivity index (χ3n) is 7.46. The minimum atomic E-state index is -4.91. The fourth-order valence-electron chi connectivity index (χ4n) is 5.02. The molecular formula is C35H35ClF3N3O5S. The summed E-state index contributed by atoms with van der Waals surface area (Å²) >= 11 is 5.87. The Kier molecular flexibility index (Phi) is 12.1. The van der Waals surface area contributed by atoms with E-state index >= 15 is 0 Å². The Balaban J connectivity index is 1.86. The number of sulfonamides is 1. The molecule has 4 rings (SSSR count). The lowest BCUT2D eigenvalue weighted by Gasteiger charge is -2.34. The average molecular weight is 702 g/mol. The monoisotopic (exact) mass is 701 g/mol. The number of benzene rings is 4. The lowest BCUT2D eigenvalue weighted by Crippen LogP contribution is -2.53. The maximum absolute atomic E-state index is 14.5. The molecule has 13 heteroatoms. The van der Waals surface area contributed by atoms with E-state index < -0.39 is 56.9 Å². The lowest BCUT2D eigenvalue weighted by atomic mass is 10.0. The van der Waals surface area contributed by atoms with Crippen LogP contribution in [-0.4, -0.2) is 51.4 Å². The molecule has 1 unspecified atom stereocenters. The van der Waals surface area contributed by atoms with Gasteiger partial charge < -0.3 is 15.0 Å². The Morgan fingerprint density at radius 3 is 2.17 bits per heavy atom. The van der Waals surface area contributed by atoms with E-state index in [-0.39, 0.29) is 17.9 Å². The maximum Gasteiger partial charge on any atom is 0.417 e. The van der Waals surface area contributed by atoms with Gasteiger partial charge in [-0.2, -0.15) is 13.2 Å². The number of halogens is 4. The molecule has 0 fully saturated rings. The fraction of sp³-hybridized carbons (Fsp3) is 0.257. The summed E-state index contributed by atoms with van der Waals surface area (Å²) in [4.78, 5) is 29.2.